The van der Waals surface area contributed by atoms with E-state index in [4.69, 9.17) is 9.47 Å². The molecule has 0 aromatic heterocycles. The van der Waals surface area contributed by atoms with Crippen LogP contribution in [-0.4, -0.2) is 73.6 Å². The van der Waals surface area contributed by atoms with Gasteiger partial charge in [-0.3, -0.25) is 14.4 Å². The summed E-state index contributed by atoms with van der Waals surface area (Å²) in [6.45, 7) is 1.08. The number of ether oxygens (including phenoxy) is 2. The Morgan fingerprint density at radius 2 is 1.56 bits per heavy atom. The molecule has 1 spiro atoms. The molecule has 0 atom stereocenters. The highest BCUT2D eigenvalue weighted by molar-refractivity contribution is 6.00. The van der Waals surface area contributed by atoms with Crippen LogP contribution in [0.1, 0.15) is 23.2 Å². The molecule has 2 heterocycles. The van der Waals surface area contributed by atoms with Crippen LogP contribution in [0, 0.1) is 0 Å². The fourth-order valence-electron chi connectivity index (χ4n) is 5.39. The molecule has 3 amide bonds. The molecule has 202 valence electrons. The van der Waals surface area contributed by atoms with E-state index in [-0.39, 0.29) is 24.3 Å². The smallest absolute Gasteiger partial charge is 0.253 e. The minimum Gasteiger partial charge on any atom is -0.497 e. The van der Waals surface area contributed by atoms with Gasteiger partial charge < -0.3 is 29.5 Å². The van der Waals surface area contributed by atoms with Crippen LogP contribution in [0.15, 0.2) is 78.9 Å². The van der Waals surface area contributed by atoms with Gasteiger partial charge in [0.1, 0.15) is 23.6 Å². The van der Waals surface area contributed by atoms with Crippen LogP contribution in [-0.2, 0) is 9.59 Å². The zero-order valence-corrected chi connectivity index (χ0v) is 22.1. The second-order valence-corrected chi connectivity index (χ2v) is 9.74. The van der Waals surface area contributed by atoms with E-state index in [1.54, 1.807) is 72.6 Å². The number of likely N-dealkylation sites (tertiary alicyclic amines) is 1. The number of carbonyl (C=O) groups excluding carboxylic acids is 3. The molecule has 2 fully saturated rings. The Morgan fingerprint density at radius 3 is 2.23 bits per heavy atom. The molecule has 2 saturated heterocycles. The van der Waals surface area contributed by atoms with Crippen molar-refractivity contribution in [3.63, 3.8) is 0 Å². The molecule has 0 unspecified atom stereocenters. The van der Waals surface area contributed by atoms with E-state index in [1.165, 1.54) is 0 Å². The number of para-hydroxylation sites is 1. The van der Waals surface area contributed by atoms with Crippen molar-refractivity contribution >= 4 is 29.1 Å². The average molecular weight is 529 g/mol. The van der Waals surface area contributed by atoms with Gasteiger partial charge in [0.25, 0.3) is 11.8 Å². The van der Waals surface area contributed by atoms with Crippen LogP contribution in [0.25, 0.3) is 0 Å². The summed E-state index contributed by atoms with van der Waals surface area (Å²) in [5.41, 5.74) is 1.27. The monoisotopic (exact) mass is 528 g/mol. The number of nitrogens with zero attached hydrogens (tertiary/aromatic N) is 3. The number of nitrogens with one attached hydrogen (secondary N) is 1. The number of methoxy groups -OCH3 is 2. The fourth-order valence-corrected chi connectivity index (χ4v) is 5.39. The minimum absolute atomic E-state index is 0.0671. The number of hydrogen-bond donors (Lipinski definition) is 1. The van der Waals surface area contributed by atoms with E-state index in [0.717, 1.165) is 5.69 Å². The molecule has 9 nitrogen and oxygen atoms in total. The predicted octanol–water partition coefficient (Wildman–Crippen LogP) is 3.62. The number of anilines is 2. The van der Waals surface area contributed by atoms with E-state index in [9.17, 15) is 14.4 Å². The predicted molar refractivity (Wildman–Crippen MR) is 148 cm³/mol. The van der Waals surface area contributed by atoms with Gasteiger partial charge >= 0.3 is 0 Å². The van der Waals surface area contributed by atoms with E-state index < -0.39 is 5.54 Å². The van der Waals surface area contributed by atoms with E-state index >= 15 is 0 Å². The van der Waals surface area contributed by atoms with Crippen molar-refractivity contribution in [1.82, 2.24) is 9.80 Å². The third-order valence-corrected chi connectivity index (χ3v) is 7.48. The SMILES string of the molecule is COc1ccc(NC(=O)CN2CN(c3ccccc3)C3(CCN(C(=O)c4cccc(OC)c4)CC3)C2=O)cc1. The minimum atomic E-state index is -0.826. The van der Waals surface area contributed by atoms with Crippen LogP contribution in [0.3, 0.4) is 0 Å². The largest absolute Gasteiger partial charge is 0.497 e. The van der Waals surface area contributed by atoms with E-state index in [1.807, 2.05) is 30.3 Å². The molecule has 2 aliphatic heterocycles. The molecule has 0 aliphatic carbocycles. The van der Waals surface area contributed by atoms with Crippen molar-refractivity contribution in [2.75, 3.05) is 50.7 Å². The van der Waals surface area contributed by atoms with Crippen LogP contribution >= 0.6 is 0 Å². The maximum atomic E-state index is 13.9. The first kappa shape index (κ1) is 26.1. The summed E-state index contributed by atoms with van der Waals surface area (Å²) >= 11 is 0. The highest BCUT2D eigenvalue weighted by atomic mass is 16.5. The lowest BCUT2D eigenvalue weighted by Crippen LogP contribution is -2.57. The van der Waals surface area contributed by atoms with Gasteiger partial charge in [-0.1, -0.05) is 24.3 Å². The Morgan fingerprint density at radius 1 is 0.872 bits per heavy atom. The number of benzene rings is 3. The number of hydrogen-bond acceptors (Lipinski definition) is 6. The summed E-state index contributed by atoms with van der Waals surface area (Å²) in [7, 11) is 3.15. The Kier molecular flexibility index (Phi) is 7.40. The van der Waals surface area contributed by atoms with Gasteiger partial charge in [-0.2, -0.15) is 0 Å². The number of amides is 3. The van der Waals surface area contributed by atoms with Crippen molar-refractivity contribution in [3.05, 3.63) is 84.4 Å². The molecule has 9 heteroatoms. The quantitative estimate of drug-likeness (QED) is 0.504. The fraction of sp³-hybridized carbons (Fsp3) is 0.300. The molecule has 5 rings (SSSR count). The van der Waals surface area contributed by atoms with Gasteiger partial charge in [0.2, 0.25) is 5.91 Å². The summed E-state index contributed by atoms with van der Waals surface area (Å²) in [6, 6.07) is 23.9. The lowest BCUT2D eigenvalue weighted by atomic mass is 9.85. The molecular formula is C30H32N4O5. The van der Waals surface area contributed by atoms with E-state index in [2.05, 4.69) is 10.2 Å². The van der Waals surface area contributed by atoms with Gasteiger partial charge in [0, 0.05) is 30.0 Å². The number of carbonyl (C=O) groups is 3. The van der Waals surface area contributed by atoms with Crippen molar-refractivity contribution in [2.45, 2.75) is 18.4 Å². The second-order valence-electron chi connectivity index (χ2n) is 9.74. The van der Waals surface area contributed by atoms with Crippen LogP contribution in [0.2, 0.25) is 0 Å². The van der Waals surface area contributed by atoms with Gasteiger partial charge in [-0.05, 0) is 67.4 Å². The molecule has 39 heavy (non-hydrogen) atoms. The zero-order valence-electron chi connectivity index (χ0n) is 22.1. The number of rotatable bonds is 7. The zero-order chi connectivity index (χ0) is 27.4. The highest BCUT2D eigenvalue weighted by Gasteiger charge is 2.54. The summed E-state index contributed by atoms with van der Waals surface area (Å²) in [6.07, 6.45) is 0.931. The van der Waals surface area contributed by atoms with Gasteiger partial charge in [-0.25, -0.2) is 0 Å². The van der Waals surface area contributed by atoms with Gasteiger partial charge in [-0.15, -0.1) is 0 Å². The van der Waals surface area contributed by atoms with Crippen LogP contribution in [0.5, 0.6) is 11.5 Å². The Hall–Kier alpha value is -4.53. The second kappa shape index (κ2) is 11.1. The van der Waals surface area contributed by atoms with Crippen LogP contribution < -0.4 is 19.7 Å². The van der Waals surface area contributed by atoms with Crippen LogP contribution in [0.4, 0.5) is 11.4 Å². The third-order valence-electron chi connectivity index (χ3n) is 7.48. The normalized spacial score (nSPS) is 16.4. The Labute approximate surface area is 227 Å². The number of piperidine rings is 1. The van der Waals surface area contributed by atoms with Crippen molar-refractivity contribution in [2.24, 2.45) is 0 Å². The molecule has 2 aliphatic rings. The molecule has 0 saturated carbocycles. The molecule has 0 bridgehead atoms. The van der Waals surface area contributed by atoms with Crippen molar-refractivity contribution < 1.29 is 23.9 Å². The standard InChI is InChI=1S/C30H32N4O5/c1-38-25-13-11-23(12-14-25)31-27(35)20-33-21-34(24-8-4-3-5-9-24)30(29(33)37)15-17-32(18-16-30)28(36)22-7-6-10-26(19-22)39-2/h3-14,19H,15-18,20-21H2,1-2H3,(H,31,35). The maximum Gasteiger partial charge on any atom is 0.253 e. The summed E-state index contributed by atoms with van der Waals surface area (Å²) in [5, 5.41) is 2.87. The third kappa shape index (κ3) is 5.25. The first-order chi connectivity index (χ1) is 18.9. The molecular weight excluding hydrogens is 496 g/mol. The molecule has 0 radical (unpaired) electrons. The first-order valence-corrected chi connectivity index (χ1v) is 12.9. The summed E-state index contributed by atoms with van der Waals surface area (Å²) < 4.78 is 10.4. The van der Waals surface area contributed by atoms with Crippen molar-refractivity contribution in [3.8, 4) is 11.5 Å². The van der Waals surface area contributed by atoms with E-state index in [0.29, 0.717) is 55.3 Å². The highest BCUT2D eigenvalue weighted by Crippen LogP contribution is 2.39. The first-order valence-electron chi connectivity index (χ1n) is 12.9. The lowest BCUT2D eigenvalue weighted by molar-refractivity contribution is -0.136. The topological polar surface area (TPSA) is 91.4 Å². The summed E-state index contributed by atoms with van der Waals surface area (Å²) in [5.74, 6) is 0.864. The molecule has 3 aromatic rings. The Balaban J connectivity index is 1.32. The molecule has 3 aromatic carbocycles. The average Bonchev–Trinajstić information content (AvgIpc) is 3.24. The summed E-state index contributed by atoms with van der Waals surface area (Å²) in [4.78, 5) is 45.6. The molecule has 1 N–H and O–H groups in total. The maximum absolute atomic E-state index is 13.9. The Bertz CT molecular complexity index is 1340. The van der Waals surface area contributed by atoms with Gasteiger partial charge in [0.05, 0.1) is 20.9 Å². The van der Waals surface area contributed by atoms with Crippen molar-refractivity contribution in [1.29, 1.82) is 0 Å². The van der Waals surface area contributed by atoms with Gasteiger partial charge in [0.15, 0.2) is 0 Å². The lowest BCUT2D eigenvalue weighted by Gasteiger charge is -2.43.